The number of rotatable bonds is 5. The number of fused-ring (bicyclic) bond motifs is 1. The van der Waals surface area contributed by atoms with Crippen LogP contribution in [0, 0.1) is 11.3 Å². The Hall–Kier alpha value is -3.28. The molecule has 2 aromatic heterocycles. The van der Waals surface area contributed by atoms with E-state index in [1.165, 1.54) is 6.20 Å². The predicted molar refractivity (Wildman–Crippen MR) is 95.7 cm³/mol. The van der Waals surface area contributed by atoms with Crippen LogP contribution in [0.25, 0.3) is 5.52 Å². The molecule has 0 aromatic carbocycles. The maximum Gasteiger partial charge on any atom is 0.234 e. The molecule has 0 unspecified atom stereocenters. The molecule has 1 saturated carbocycles. The first-order valence-electron chi connectivity index (χ1n) is 8.51. The zero-order valence-corrected chi connectivity index (χ0v) is 14.2. The Kier molecular flexibility index (Phi) is 5.22. The number of amides is 1. The maximum atomic E-state index is 11.9. The topological polar surface area (TPSA) is 141 Å². The lowest BCUT2D eigenvalue weighted by atomic mass is 9.89. The van der Waals surface area contributed by atoms with Crippen LogP contribution in [-0.4, -0.2) is 38.6 Å². The normalized spacial score (nSPS) is 20.5. The van der Waals surface area contributed by atoms with E-state index in [2.05, 4.69) is 20.9 Å². The van der Waals surface area contributed by atoms with E-state index in [1.807, 2.05) is 24.4 Å². The zero-order chi connectivity index (χ0) is 18.5. The first-order chi connectivity index (χ1) is 12.6. The SMILES string of the molecule is N#CCC(=O)N[C@@H]1CCCC[C@H]1Nc1c(C(N)=NO)cnn2cccc12. The van der Waals surface area contributed by atoms with E-state index in [4.69, 9.17) is 16.2 Å². The number of amidine groups is 1. The summed E-state index contributed by atoms with van der Waals surface area (Å²) in [4.78, 5) is 11.9. The predicted octanol–water partition coefficient (Wildman–Crippen LogP) is 1.18. The van der Waals surface area contributed by atoms with Gasteiger partial charge >= 0.3 is 0 Å². The minimum Gasteiger partial charge on any atom is -0.409 e. The average molecular weight is 355 g/mol. The van der Waals surface area contributed by atoms with E-state index in [-0.39, 0.29) is 30.2 Å². The highest BCUT2D eigenvalue weighted by molar-refractivity contribution is 6.04. The number of carbonyl (C=O) groups excluding carboxylic acids is 1. The summed E-state index contributed by atoms with van der Waals surface area (Å²) in [6.45, 7) is 0. The van der Waals surface area contributed by atoms with Crippen molar-refractivity contribution >= 4 is 22.9 Å². The van der Waals surface area contributed by atoms with Gasteiger partial charge in [-0.25, -0.2) is 4.52 Å². The number of oxime groups is 1. The number of anilines is 1. The molecular formula is C17H21N7O2. The maximum absolute atomic E-state index is 11.9. The summed E-state index contributed by atoms with van der Waals surface area (Å²) >= 11 is 0. The molecule has 0 bridgehead atoms. The average Bonchev–Trinajstić information content (AvgIpc) is 3.12. The Balaban J connectivity index is 1.91. The second-order valence-electron chi connectivity index (χ2n) is 6.30. The largest absolute Gasteiger partial charge is 0.409 e. The molecule has 26 heavy (non-hydrogen) atoms. The molecule has 1 aliphatic carbocycles. The zero-order valence-electron chi connectivity index (χ0n) is 14.2. The molecule has 2 atom stereocenters. The summed E-state index contributed by atoms with van der Waals surface area (Å²) in [7, 11) is 0. The summed E-state index contributed by atoms with van der Waals surface area (Å²) < 4.78 is 1.70. The number of nitrogens with one attached hydrogen (secondary N) is 2. The van der Waals surface area contributed by atoms with E-state index >= 15 is 0 Å². The van der Waals surface area contributed by atoms with Crippen LogP contribution in [0.3, 0.4) is 0 Å². The number of nitrogens with zero attached hydrogens (tertiary/aromatic N) is 4. The lowest BCUT2D eigenvalue weighted by Gasteiger charge is -2.34. The molecule has 9 heteroatoms. The fourth-order valence-corrected chi connectivity index (χ4v) is 3.38. The van der Waals surface area contributed by atoms with Crippen molar-refractivity contribution in [1.29, 1.82) is 5.26 Å². The lowest BCUT2D eigenvalue weighted by molar-refractivity contribution is -0.121. The third kappa shape index (κ3) is 3.54. The third-order valence-corrected chi connectivity index (χ3v) is 4.63. The first-order valence-corrected chi connectivity index (χ1v) is 8.51. The van der Waals surface area contributed by atoms with Gasteiger partial charge < -0.3 is 21.6 Å². The van der Waals surface area contributed by atoms with Crippen LogP contribution in [0.15, 0.2) is 29.7 Å². The fourth-order valence-electron chi connectivity index (χ4n) is 3.38. The van der Waals surface area contributed by atoms with Crippen LogP contribution < -0.4 is 16.4 Å². The molecule has 1 aliphatic rings. The number of aromatic nitrogens is 2. The molecule has 0 spiro atoms. The van der Waals surface area contributed by atoms with Crippen LogP contribution in [0.1, 0.15) is 37.7 Å². The second-order valence-corrected chi connectivity index (χ2v) is 6.30. The van der Waals surface area contributed by atoms with Crippen molar-refractivity contribution < 1.29 is 10.0 Å². The summed E-state index contributed by atoms with van der Waals surface area (Å²) in [6.07, 6.45) is 6.93. The minimum atomic E-state index is -0.273. The monoisotopic (exact) mass is 355 g/mol. The fraction of sp³-hybridized carbons (Fsp3) is 0.412. The lowest BCUT2D eigenvalue weighted by Crippen LogP contribution is -2.48. The number of carbonyl (C=O) groups is 1. The number of hydrogen-bond acceptors (Lipinski definition) is 6. The molecule has 9 nitrogen and oxygen atoms in total. The minimum absolute atomic E-state index is 0.0299. The van der Waals surface area contributed by atoms with E-state index in [1.54, 1.807) is 4.52 Å². The molecule has 0 saturated heterocycles. The van der Waals surface area contributed by atoms with Crippen LogP contribution in [0.4, 0.5) is 5.69 Å². The Labute approximate surface area is 150 Å². The summed E-state index contributed by atoms with van der Waals surface area (Å²) in [5.41, 5.74) is 7.81. The number of hydrogen-bond donors (Lipinski definition) is 4. The Bertz CT molecular complexity index is 868. The van der Waals surface area contributed by atoms with Gasteiger partial charge in [0, 0.05) is 18.3 Å². The van der Waals surface area contributed by atoms with Gasteiger partial charge in [-0.15, -0.1) is 0 Å². The van der Waals surface area contributed by atoms with Gasteiger partial charge in [-0.2, -0.15) is 10.4 Å². The van der Waals surface area contributed by atoms with E-state index in [9.17, 15) is 4.79 Å². The smallest absolute Gasteiger partial charge is 0.234 e. The van der Waals surface area contributed by atoms with Crippen molar-refractivity contribution in [2.75, 3.05) is 5.32 Å². The van der Waals surface area contributed by atoms with Gasteiger partial charge in [0.2, 0.25) is 5.91 Å². The van der Waals surface area contributed by atoms with Crippen molar-refractivity contribution in [1.82, 2.24) is 14.9 Å². The standard InChI is InChI=1S/C17H21N7O2/c18-8-7-15(25)21-12-4-1-2-5-13(12)22-16-11(17(19)23-26)10-20-24-9-3-6-14(16)24/h3,6,9-10,12-13,22,26H,1-2,4-5,7H2,(H2,19,23)(H,21,25)/t12-,13-/m1/s1. The highest BCUT2D eigenvalue weighted by Crippen LogP contribution is 2.27. The van der Waals surface area contributed by atoms with Gasteiger partial charge in [-0.05, 0) is 25.0 Å². The molecule has 2 aromatic rings. The van der Waals surface area contributed by atoms with Gasteiger partial charge in [0.1, 0.15) is 6.42 Å². The van der Waals surface area contributed by atoms with Crippen molar-refractivity contribution in [3.05, 3.63) is 30.1 Å². The first kappa shape index (κ1) is 17.5. The van der Waals surface area contributed by atoms with Gasteiger partial charge in [0.05, 0.1) is 29.0 Å². The van der Waals surface area contributed by atoms with E-state index in [0.29, 0.717) is 11.3 Å². The van der Waals surface area contributed by atoms with Crippen molar-refractivity contribution in [3.8, 4) is 6.07 Å². The number of nitrogens with two attached hydrogens (primary N) is 1. The van der Waals surface area contributed by atoms with Crippen LogP contribution in [0.2, 0.25) is 0 Å². The Morgan fingerprint density at radius 1 is 1.46 bits per heavy atom. The molecular weight excluding hydrogens is 334 g/mol. The summed E-state index contributed by atoms with van der Waals surface area (Å²) in [6, 6.07) is 5.49. The molecule has 1 fully saturated rings. The van der Waals surface area contributed by atoms with E-state index in [0.717, 1.165) is 31.2 Å². The van der Waals surface area contributed by atoms with Gasteiger partial charge in [-0.1, -0.05) is 18.0 Å². The molecule has 2 heterocycles. The van der Waals surface area contributed by atoms with Crippen molar-refractivity contribution in [3.63, 3.8) is 0 Å². The quantitative estimate of drug-likeness (QED) is 0.275. The number of nitriles is 1. The Morgan fingerprint density at radius 2 is 2.23 bits per heavy atom. The molecule has 1 amide bonds. The second kappa shape index (κ2) is 7.74. The third-order valence-electron chi connectivity index (χ3n) is 4.63. The van der Waals surface area contributed by atoms with E-state index < -0.39 is 0 Å². The van der Waals surface area contributed by atoms with Crippen molar-refractivity contribution in [2.45, 2.75) is 44.2 Å². The highest BCUT2D eigenvalue weighted by atomic mass is 16.4. The van der Waals surface area contributed by atoms with Crippen LogP contribution in [-0.2, 0) is 4.79 Å². The molecule has 136 valence electrons. The van der Waals surface area contributed by atoms with Gasteiger partial charge in [0.25, 0.3) is 0 Å². The van der Waals surface area contributed by atoms with Crippen LogP contribution in [0.5, 0.6) is 0 Å². The highest BCUT2D eigenvalue weighted by Gasteiger charge is 2.28. The molecule has 0 aliphatic heterocycles. The molecule has 3 rings (SSSR count). The molecule has 5 N–H and O–H groups in total. The summed E-state index contributed by atoms with van der Waals surface area (Å²) in [5.74, 6) is -0.310. The van der Waals surface area contributed by atoms with Crippen molar-refractivity contribution in [2.24, 2.45) is 10.9 Å². The van der Waals surface area contributed by atoms with Gasteiger partial charge in [0.15, 0.2) is 5.84 Å². The van der Waals surface area contributed by atoms with Gasteiger partial charge in [-0.3, -0.25) is 4.79 Å². The Morgan fingerprint density at radius 3 is 2.96 bits per heavy atom. The van der Waals surface area contributed by atoms with Crippen LogP contribution >= 0.6 is 0 Å². The molecule has 0 radical (unpaired) electrons. The summed E-state index contributed by atoms with van der Waals surface area (Å²) in [5, 5.41) is 31.5.